The number of halogens is 2. The van der Waals surface area contributed by atoms with E-state index in [1.807, 2.05) is 6.92 Å². The largest absolute Gasteiger partial charge is 0.330 e. The third-order valence-corrected chi connectivity index (χ3v) is 2.85. The molecule has 0 aliphatic carbocycles. The highest BCUT2D eigenvalue weighted by atomic mass is 35.5. The number of nitrogens with one attached hydrogen (secondary N) is 1. The maximum absolute atomic E-state index is 11.5. The van der Waals surface area contributed by atoms with Crippen molar-refractivity contribution in [2.75, 3.05) is 11.9 Å². The number of amides is 1. The Kier molecular flexibility index (Phi) is 5.06. The van der Waals surface area contributed by atoms with Crippen molar-refractivity contribution in [1.82, 2.24) is 0 Å². The van der Waals surface area contributed by atoms with Crippen molar-refractivity contribution in [2.24, 2.45) is 5.73 Å². The second-order valence-corrected chi connectivity index (χ2v) is 4.34. The Morgan fingerprint density at radius 1 is 1.38 bits per heavy atom. The van der Waals surface area contributed by atoms with Crippen LogP contribution >= 0.6 is 23.2 Å². The van der Waals surface area contributed by atoms with E-state index in [1.54, 1.807) is 12.1 Å². The summed E-state index contributed by atoms with van der Waals surface area (Å²) in [6.45, 7) is 2.35. The van der Waals surface area contributed by atoms with Gasteiger partial charge < -0.3 is 11.1 Å². The summed E-state index contributed by atoms with van der Waals surface area (Å²) in [6, 6.07) is 3.38. The molecule has 0 saturated carbocycles. The minimum Gasteiger partial charge on any atom is -0.330 e. The quantitative estimate of drug-likeness (QED) is 0.875. The van der Waals surface area contributed by atoms with Crippen LogP contribution in [0, 0.1) is 6.92 Å². The average molecular weight is 261 g/mol. The molecule has 5 heteroatoms. The predicted molar refractivity (Wildman–Crippen MR) is 68.1 cm³/mol. The predicted octanol–water partition coefficient (Wildman–Crippen LogP) is 2.98. The molecule has 0 bridgehead atoms. The van der Waals surface area contributed by atoms with Gasteiger partial charge in [-0.3, -0.25) is 4.79 Å². The molecule has 0 aliphatic heterocycles. The molecule has 1 amide bonds. The summed E-state index contributed by atoms with van der Waals surface area (Å²) < 4.78 is 0. The molecule has 1 rings (SSSR count). The number of benzene rings is 1. The summed E-state index contributed by atoms with van der Waals surface area (Å²) in [5.41, 5.74) is 6.74. The summed E-state index contributed by atoms with van der Waals surface area (Å²) in [6.07, 6.45) is 1.04. The third-order valence-electron chi connectivity index (χ3n) is 2.13. The molecule has 0 radical (unpaired) electrons. The van der Waals surface area contributed by atoms with Crippen molar-refractivity contribution in [2.45, 2.75) is 19.8 Å². The minimum atomic E-state index is -0.104. The van der Waals surface area contributed by atoms with Gasteiger partial charge in [0, 0.05) is 11.4 Å². The van der Waals surface area contributed by atoms with Crippen molar-refractivity contribution >= 4 is 34.8 Å². The van der Waals surface area contributed by atoms with E-state index >= 15 is 0 Å². The SMILES string of the molecule is Cc1cc(Cl)c(NC(=O)CCCN)cc1Cl. The Morgan fingerprint density at radius 2 is 2.06 bits per heavy atom. The number of rotatable bonds is 4. The van der Waals surface area contributed by atoms with Crippen LogP contribution in [0.3, 0.4) is 0 Å². The summed E-state index contributed by atoms with van der Waals surface area (Å²) in [4.78, 5) is 11.5. The number of aryl methyl sites for hydroxylation is 1. The summed E-state index contributed by atoms with van der Waals surface area (Å²) in [7, 11) is 0. The first kappa shape index (κ1) is 13.3. The standard InChI is InChI=1S/C11H14Cl2N2O/c1-7-5-9(13)10(6-8(7)12)15-11(16)3-2-4-14/h5-6H,2-4,14H2,1H3,(H,15,16). The Hall–Kier alpha value is -0.770. The topological polar surface area (TPSA) is 55.1 Å². The molecule has 0 fully saturated rings. The highest BCUT2D eigenvalue weighted by molar-refractivity contribution is 6.36. The zero-order chi connectivity index (χ0) is 12.1. The molecular formula is C11H14Cl2N2O. The highest BCUT2D eigenvalue weighted by Crippen LogP contribution is 2.28. The van der Waals surface area contributed by atoms with Crippen molar-refractivity contribution < 1.29 is 4.79 Å². The second kappa shape index (κ2) is 6.09. The van der Waals surface area contributed by atoms with Crippen molar-refractivity contribution in [3.8, 4) is 0 Å². The first-order chi connectivity index (χ1) is 7.54. The molecule has 1 aromatic carbocycles. The normalized spacial score (nSPS) is 10.2. The molecule has 0 heterocycles. The monoisotopic (exact) mass is 260 g/mol. The number of nitrogens with two attached hydrogens (primary N) is 1. The first-order valence-corrected chi connectivity index (χ1v) is 5.75. The molecule has 3 nitrogen and oxygen atoms in total. The summed E-state index contributed by atoms with van der Waals surface area (Å²) >= 11 is 11.9. The lowest BCUT2D eigenvalue weighted by atomic mass is 10.2. The maximum atomic E-state index is 11.5. The highest BCUT2D eigenvalue weighted by Gasteiger charge is 2.07. The van der Waals surface area contributed by atoms with Gasteiger partial charge in [0.05, 0.1) is 10.7 Å². The molecule has 0 aliphatic rings. The Balaban J connectivity index is 2.73. The number of carbonyl (C=O) groups excluding carboxylic acids is 1. The van der Waals surface area contributed by atoms with Crippen LogP contribution in [-0.2, 0) is 4.79 Å². The van der Waals surface area contributed by atoms with Crippen LogP contribution in [0.5, 0.6) is 0 Å². The average Bonchev–Trinajstić information content (AvgIpc) is 2.23. The fourth-order valence-corrected chi connectivity index (χ4v) is 1.65. The molecule has 0 saturated heterocycles. The maximum Gasteiger partial charge on any atom is 0.224 e. The van der Waals surface area contributed by atoms with Gasteiger partial charge in [0.1, 0.15) is 0 Å². The van der Waals surface area contributed by atoms with E-state index < -0.39 is 0 Å². The van der Waals surface area contributed by atoms with Gasteiger partial charge in [-0.15, -0.1) is 0 Å². The zero-order valence-corrected chi connectivity index (χ0v) is 10.5. The van der Waals surface area contributed by atoms with Gasteiger partial charge in [0.15, 0.2) is 0 Å². The molecule has 88 valence electrons. The van der Waals surface area contributed by atoms with Gasteiger partial charge in [-0.05, 0) is 37.6 Å². The fraction of sp³-hybridized carbons (Fsp3) is 0.364. The lowest BCUT2D eigenvalue weighted by Gasteiger charge is -2.09. The lowest BCUT2D eigenvalue weighted by molar-refractivity contribution is -0.116. The van der Waals surface area contributed by atoms with Crippen LogP contribution in [0.15, 0.2) is 12.1 Å². The van der Waals surface area contributed by atoms with Crippen LogP contribution in [0.4, 0.5) is 5.69 Å². The molecular weight excluding hydrogens is 247 g/mol. The number of hydrogen-bond donors (Lipinski definition) is 2. The molecule has 0 aromatic heterocycles. The van der Waals surface area contributed by atoms with Crippen molar-refractivity contribution in [3.05, 3.63) is 27.7 Å². The van der Waals surface area contributed by atoms with E-state index in [2.05, 4.69) is 5.32 Å². The number of carbonyl (C=O) groups is 1. The first-order valence-electron chi connectivity index (χ1n) is 5.00. The van der Waals surface area contributed by atoms with E-state index in [9.17, 15) is 4.79 Å². The summed E-state index contributed by atoms with van der Waals surface area (Å²) in [5.74, 6) is -0.104. The van der Waals surface area contributed by atoms with Gasteiger partial charge in [0.25, 0.3) is 0 Å². The lowest BCUT2D eigenvalue weighted by Crippen LogP contribution is -2.13. The van der Waals surface area contributed by atoms with Gasteiger partial charge >= 0.3 is 0 Å². The van der Waals surface area contributed by atoms with Gasteiger partial charge in [-0.1, -0.05) is 23.2 Å². The summed E-state index contributed by atoms with van der Waals surface area (Å²) in [5, 5.41) is 3.77. The Morgan fingerprint density at radius 3 is 2.69 bits per heavy atom. The van der Waals surface area contributed by atoms with Crippen LogP contribution in [-0.4, -0.2) is 12.5 Å². The molecule has 1 aromatic rings. The van der Waals surface area contributed by atoms with Gasteiger partial charge in [-0.2, -0.15) is 0 Å². The number of anilines is 1. The molecule has 0 atom stereocenters. The second-order valence-electron chi connectivity index (χ2n) is 3.52. The van der Waals surface area contributed by atoms with Crippen molar-refractivity contribution in [3.63, 3.8) is 0 Å². The third kappa shape index (κ3) is 3.67. The molecule has 3 N–H and O–H groups in total. The number of hydrogen-bond acceptors (Lipinski definition) is 2. The molecule has 0 spiro atoms. The van der Waals surface area contributed by atoms with Crippen LogP contribution < -0.4 is 11.1 Å². The molecule has 16 heavy (non-hydrogen) atoms. The van der Waals surface area contributed by atoms with E-state index in [1.165, 1.54) is 0 Å². The van der Waals surface area contributed by atoms with E-state index in [-0.39, 0.29) is 5.91 Å². The minimum absolute atomic E-state index is 0.104. The van der Waals surface area contributed by atoms with Crippen LogP contribution in [0.25, 0.3) is 0 Å². The van der Waals surface area contributed by atoms with E-state index in [0.29, 0.717) is 35.1 Å². The van der Waals surface area contributed by atoms with Gasteiger partial charge in [-0.25, -0.2) is 0 Å². The zero-order valence-electron chi connectivity index (χ0n) is 9.02. The molecule has 0 unspecified atom stereocenters. The van der Waals surface area contributed by atoms with E-state index in [4.69, 9.17) is 28.9 Å². The van der Waals surface area contributed by atoms with Crippen molar-refractivity contribution in [1.29, 1.82) is 0 Å². The Bertz CT molecular complexity index is 394. The fourth-order valence-electron chi connectivity index (χ4n) is 1.22. The van der Waals surface area contributed by atoms with Crippen LogP contribution in [0.2, 0.25) is 10.0 Å². The van der Waals surface area contributed by atoms with E-state index in [0.717, 1.165) is 5.56 Å². The smallest absolute Gasteiger partial charge is 0.224 e. The van der Waals surface area contributed by atoms with Gasteiger partial charge in [0.2, 0.25) is 5.91 Å². The Labute approximate surface area is 105 Å². The van der Waals surface area contributed by atoms with Crippen LogP contribution in [0.1, 0.15) is 18.4 Å².